The van der Waals surface area contributed by atoms with Crippen LogP contribution in [0.1, 0.15) is 5.56 Å². The first-order chi connectivity index (χ1) is 31.5. The lowest BCUT2D eigenvalue weighted by Crippen LogP contribution is -2.81. The molecule has 0 fully saturated rings. The lowest BCUT2D eigenvalue weighted by molar-refractivity contribution is -0.688. The first kappa shape index (κ1) is 48.8. The molecule has 0 N–H and O–H groups in total. The molecule has 0 aliphatic rings. The summed E-state index contributed by atoms with van der Waals surface area (Å²) < 4.78 is 296. The fraction of sp³-hybridized carbons (Fsp3) is 0.0244. The second-order valence-electron chi connectivity index (χ2n) is 13.6. The molecular weight excluding hydrogens is 953 g/mol. The van der Waals surface area contributed by atoms with E-state index in [0.29, 0.717) is 5.69 Å². The van der Waals surface area contributed by atoms with Gasteiger partial charge >= 0.3 is 0 Å². The molecule has 0 atom stereocenters. The predicted octanol–water partition coefficient (Wildman–Crippen LogP) is 9.87. The van der Waals surface area contributed by atoms with Crippen molar-refractivity contribution >= 4 is 33.7 Å². The zero-order valence-corrected chi connectivity index (χ0v) is 32.0. The molecule has 0 bridgehead atoms. The lowest BCUT2D eigenvalue weighted by atomic mass is 9.12. The van der Waals surface area contributed by atoms with E-state index in [-0.39, 0.29) is 0 Å². The van der Waals surface area contributed by atoms with Crippen LogP contribution in [0.15, 0.2) is 78.3 Å². The largest absolute Gasteiger partial charge is 0.244 e. The Labute approximate surface area is 359 Å². The Hall–Kier alpha value is -7.63. The van der Waals surface area contributed by atoms with Crippen LogP contribution in [0, 0.1) is 116 Å². The lowest BCUT2D eigenvalue weighted by Gasteiger charge is -2.44. The Morgan fingerprint density at radius 2 is 0.791 bits per heavy atom. The number of halogens is 20. The molecule has 0 radical (unpaired) electrons. The van der Waals surface area contributed by atoms with E-state index in [1.54, 1.807) is 12.3 Å². The van der Waals surface area contributed by atoms with Crippen LogP contribution in [-0.2, 0) is 6.54 Å². The standard InChI is InChI=1S/C24BF20.C17H14N5/c26-5-1(6(27)14(35)21(42)13(5)34)25(2-7(28)15(36)22(43)16(37)8(2)29,3-9(30)17(38)23(44)18(39)10(3)31)4-11(32)19(40)24(45)20(41)12(4)33;18-21-20-16-8-4-7-15(11-16)17-13-22(10-9-19-17)12-14-5-2-1-3-6-14/h;1-11,13H,12H2/q-1;+1. The molecule has 5 nitrogen and oxygen atoms in total. The van der Waals surface area contributed by atoms with Gasteiger partial charge in [-0.1, -0.05) is 53.6 Å². The van der Waals surface area contributed by atoms with Gasteiger partial charge in [0.15, 0.2) is 88.7 Å². The molecule has 0 aliphatic carbocycles. The molecule has 346 valence electrons. The first-order valence-electron chi connectivity index (χ1n) is 17.8. The third-order valence-corrected chi connectivity index (χ3v) is 9.98. The fourth-order valence-electron chi connectivity index (χ4n) is 7.13. The Morgan fingerprint density at radius 1 is 0.448 bits per heavy atom. The van der Waals surface area contributed by atoms with Gasteiger partial charge in [-0.3, -0.25) is 0 Å². The van der Waals surface area contributed by atoms with Crippen molar-refractivity contribution in [2.45, 2.75) is 6.54 Å². The van der Waals surface area contributed by atoms with E-state index in [9.17, 15) is 52.7 Å². The molecule has 67 heavy (non-hydrogen) atoms. The maximum atomic E-state index is 15.4. The summed E-state index contributed by atoms with van der Waals surface area (Å²) in [5, 5.41) is 3.63. The van der Waals surface area contributed by atoms with E-state index in [2.05, 4.69) is 31.7 Å². The van der Waals surface area contributed by atoms with Crippen LogP contribution in [0.5, 0.6) is 0 Å². The Morgan fingerprint density at radius 3 is 1.13 bits per heavy atom. The number of hydrogen-bond acceptors (Lipinski definition) is 2. The Kier molecular flexibility index (Phi) is 13.6. The van der Waals surface area contributed by atoms with Crippen molar-refractivity contribution in [3.63, 3.8) is 0 Å². The molecule has 6 aromatic carbocycles. The third-order valence-electron chi connectivity index (χ3n) is 9.98. The van der Waals surface area contributed by atoms with Crippen LogP contribution in [0.4, 0.5) is 93.5 Å². The van der Waals surface area contributed by atoms with E-state index < -0.39 is 144 Å². The highest BCUT2D eigenvalue weighted by Crippen LogP contribution is 2.31. The highest BCUT2D eigenvalue weighted by molar-refractivity contribution is 7.20. The molecule has 7 rings (SSSR count). The van der Waals surface area contributed by atoms with Gasteiger partial charge in [-0.05, 0) is 11.6 Å². The quantitative estimate of drug-likeness (QED) is 0.0219. The van der Waals surface area contributed by atoms with E-state index in [4.69, 9.17) is 5.53 Å². The van der Waals surface area contributed by atoms with Crippen LogP contribution in [0.3, 0.4) is 0 Å². The monoisotopic (exact) mass is 967 g/mol. The zero-order valence-electron chi connectivity index (χ0n) is 32.0. The SMILES string of the molecule is Fc1c(F)c(F)c([B-](c2c(F)c(F)c(F)c(F)c2F)(c2c(F)c(F)c(F)c(F)c2F)c2c(F)c(F)c(F)c(F)c2F)c(F)c1F.[N-]=[N+]=Nc1cccc(-c2c[n+](Cc3ccccc3)ccn2)c1. The maximum absolute atomic E-state index is 15.4. The molecule has 0 saturated carbocycles. The van der Waals surface area contributed by atoms with Gasteiger partial charge in [-0.2, -0.15) is 4.57 Å². The topological polar surface area (TPSA) is 65.5 Å². The van der Waals surface area contributed by atoms with Crippen molar-refractivity contribution in [2.75, 3.05) is 0 Å². The van der Waals surface area contributed by atoms with Crippen molar-refractivity contribution in [2.24, 2.45) is 5.11 Å². The van der Waals surface area contributed by atoms with Crippen molar-refractivity contribution in [3.05, 3.63) is 206 Å². The van der Waals surface area contributed by atoms with Gasteiger partial charge in [0.05, 0.1) is 6.20 Å². The summed E-state index contributed by atoms with van der Waals surface area (Å²) in [5.41, 5.74) is -2.22. The van der Waals surface area contributed by atoms with Gasteiger partial charge in [0.1, 0.15) is 58.4 Å². The molecule has 0 spiro atoms. The van der Waals surface area contributed by atoms with Crippen molar-refractivity contribution in [3.8, 4) is 11.3 Å². The second-order valence-corrected chi connectivity index (χ2v) is 13.6. The molecule has 26 heteroatoms. The minimum Gasteiger partial charge on any atom is -0.244 e. The zero-order chi connectivity index (χ0) is 49.6. The molecule has 0 saturated heterocycles. The second kappa shape index (κ2) is 18.7. The molecular formula is C41H14BF20N5. The normalized spacial score (nSPS) is 11.3. The van der Waals surface area contributed by atoms with Gasteiger partial charge < -0.3 is 0 Å². The van der Waals surface area contributed by atoms with Crippen LogP contribution < -0.4 is 26.4 Å². The van der Waals surface area contributed by atoms with Crippen molar-refractivity contribution < 1.29 is 92.4 Å². The third kappa shape index (κ3) is 8.10. The van der Waals surface area contributed by atoms with Crippen LogP contribution >= 0.6 is 0 Å². The highest BCUT2D eigenvalue weighted by atomic mass is 19.2. The van der Waals surface area contributed by atoms with Crippen LogP contribution in [-0.4, -0.2) is 11.1 Å². The minimum absolute atomic E-state index is 0.584. The average Bonchev–Trinajstić information content (AvgIpc) is 3.32. The number of rotatable bonds is 8. The summed E-state index contributed by atoms with van der Waals surface area (Å²) >= 11 is 0. The summed E-state index contributed by atoms with van der Waals surface area (Å²) in [6.07, 6.45) is -1.51. The molecule has 1 heterocycles. The summed E-state index contributed by atoms with van der Waals surface area (Å²) in [6.45, 7) is 0.784. The van der Waals surface area contributed by atoms with Gasteiger partial charge in [-0.15, -0.1) is 21.9 Å². The summed E-state index contributed by atoms with van der Waals surface area (Å²) in [4.78, 5) is 7.21. The number of azide groups is 1. The number of benzene rings is 6. The van der Waals surface area contributed by atoms with E-state index in [1.807, 2.05) is 48.8 Å². The maximum Gasteiger partial charge on any atom is 0.200 e. The summed E-state index contributed by atoms with van der Waals surface area (Å²) in [7, 11) is 0. The molecule has 0 aliphatic heterocycles. The Bertz CT molecular complexity index is 2800. The average molecular weight is 967 g/mol. The Balaban J connectivity index is 0.000000279. The van der Waals surface area contributed by atoms with E-state index >= 15 is 35.1 Å². The van der Waals surface area contributed by atoms with Gasteiger partial charge in [0.2, 0.25) is 0 Å². The number of nitrogens with zero attached hydrogens (tertiary/aromatic N) is 5. The van der Waals surface area contributed by atoms with Crippen LogP contribution in [0.25, 0.3) is 21.7 Å². The molecule has 7 aromatic rings. The molecule has 0 unspecified atom stereocenters. The first-order valence-corrected chi connectivity index (χ1v) is 17.8. The van der Waals surface area contributed by atoms with Crippen molar-refractivity contribution in [1.29, 1.82) is 0 Å². The smallest absolute Gasteiger partial charge is 0.200 e. The number of hydrogen-bond donors (Lipinski definition) is 0. The van der Waals surface area contributed by atoms with Crippen LogP contribution in [0.2, 0.25) is 0 Å². The highest BCUT2D eigenvalue weighted by Gasteiger charge is 2.52. The minimum atomic E-state index is -7.22. The summed E-state index contributed by atoms with van der Waals surface area (Å²) in [6, 6.07) is 17.7. The number of aromatic nitrogens is 2. The van der Waals surface area contributed by atoms with Gasteiger partial charge in [-0.25, -0.2) is 92.8 Å². The van der Waals surface area contributed by atoms with E-state index in [0.717, 1.165) is 17.8 Å². The molecule has 1 aromatic heterocycles. The summed E-state index contributed by atoms with van der Waals surface area (Å²) in [5.74, 6) is -71.4. The van der Waals surface area contributed by atoms with Gasteiger partial charge in [0.25, 0.3) is 0 Å². The van der Waals surface area contributed by atoms with E-state index in [1.165, 1.54) is 5.56 Å². The molecule has 0 amide bonds. The van der Waals surface area contributed by atoms with Crippen molar-refractivity contribution in [1.82, 2.24) is 4.98 Å². The predicted molar refractivity (Wildman–Crippen MR) is 193 cm³/mol. The fourth-order valence-corrected chi connectivity index (χ4v) is 7.13. The van der Waals surface area contributed by atoms with Gasteiger partial charge in [0, 0.05) is 21.7 Å².